The van der Waals surface area contributed by atoms with E-state index in [4.69, 9.17) is 0 Å². The molecule has 0 spiro atoms. The van der Waals surface area contributed by atoms with Crippen LogP contribution < -0.4 is 5.32 Å². The van der Waals surface area contributed by atoms with Gasteiger partial charge in [0, 0.05) is 12.3 Å². The van der Waals surface area contributed by atoms with Gasteiger partial charge in [-0.2, -0.15) is 0 Å². The first-order valence-electron chi connectivity index (χ1n) is 7.15. The highest BCUT2D eigenvalue weighted by Gasteiger charge is 2.19. The largest absolute Gasteiger partial charge is 0.309 e. The zero-order valence-corrected chi connectivity index (χ0v) is 12.8. The van der Waals surface area contributed by atoms with Crippen LogP contribution in [0.3, 0.4) is 0 Å². The Morgan fingerprint density at radius 3 is 2.60 bits per heavy atom. The van der Waals surface area contributed by atoms with Gasteiger partial charge in [0.1, 0.15) is 9.84 Å². The van der Waals surface area contributed by atoms with Crippen molar-refractivity contribution in [2.24, 2.45) is 5.92 Å². The average molecular weight is 293 g/mol. The molecule has 0 heterocycles. The molecule has 1 N–H and O–H groups in total. The molecule has 3 nitrogen and oxygen atoms in total. The number of benzene rings is 1. The molecular weight excluding hydrogens is 270 g/mol. The molecule has 0 aromatic heterocycles. The summed E-state index contributed by atoms with van der Waals surface area (Å²) in [6.07, 6.45) is 9.16. The molecular formula is C16H23NO2S. The molecule has 2 rings (SSSR count). The van der Waals surface area contributed by atoms with E-state index in [1.54, 1.807) is 0 Å². The molecule has 0 bridgehead atoms. The molecule has 1 aliphatic carbocycles. The summed E-state index contributed by atoms with van der Waals surface area (Å²) in [6, 6.07) is 9.72. The summed E-state index contributed by atoms with van der Waals surface area (Å²) in [5, 5.41) is 3.45. The molecule has 0 unspecified atom stereocenters. The maximum Gasteiger partial charge on any atom is 0.149 e. The maximum atomic E-state index is 11.6. The molecule has 20 heavy (non-hydrogen) atoms. The topological polar surface area (TPSA) is 46.2 Å². The van der Waals surface area contributed by atoms with Crippen molar-refractivity contribution >= 4 is 9.84 Å². The first-order chi connectivity index (χ1) is 9.54. The van der Waals surface area contributed by atoms with E-state index >= 15 is 0 Å². The van der Waals surface area contributed by atoms with Crippen LogP contribution in [0.25, 0.3) is 0 Å². The Bertz CT molecular complexity index is 537. The number of hydrogen-bond donors (Lipinski definition) is 1. The SMILES string of the molecule is CS(=O)(=O)C[C@@H](NC[C@H]1CC=CCC1)c1ccccc1. The molecule has 0 amide bonds. The van der Waals surface area contributed by atoms with Crippen LogP contribution in [-0.4, -0.2) is 27.0 Å². The predicted molar refractivity (Wildman–Crippen MR) is 83.4 cm³/mol. The number of hydrogen-bond acceptors (Lipinski definition) is 3. The van der Waals surface area contributed by atoms with Crippen LogP contribution in [0.5, 0.6) is 0 Å². The van der Waals surface area contributed by atoms with Crippen molar-refractivity contribution < 1.29 is 8.42 Å². The van der Waals surface area contributed by atoms with E-state index in [1.807, 2.05) is 30.3 Å². The number of allylic oxidation sites excluding steroid dienone is 2. The fraction of sp³-hybridized carbons (Fsp3) is 0.500. The molecule has 1 aliphatic rings. The average Bonchev–Trinajstić information content (AvgIpc) is 2.44. The quantitative estimate of drug-likeness (QED) is 0.820. The minimum absolute atomic E-state index is 0.114. The highest BCUT2D eigenvalue weighted by atomic mass is 32.2. The normalized spacial score (nSPS) is 20.8. The first kappa shape index (κ1) is 15.3. The van der Waals surface area contributed by atoms with Crippen molar-refractivity contribution in [1.29, 1.82) is 0 Å². The molecule has 0 fully saturated rings. The van der Waals surface area contributed by atoms with Gasteiger partial charge in [-0.05, 0) is 37.3 Å². The monoisotopic (exact) mass is 293 g/mol. The van der Waals surface area contributed by atoms with Crippen molar-refractivity contribution in [2.45, 2.75) is 25.3 Å². The Morgan fingerprint density at radius 2 is 2.00 bits per heavy atom. The molecule has 1 aromatic rings. The molecule has 4 heteroatoms. The number of sulfone groups is 1. The second kappa shape index (κ2) is 7.04. The zero-order valence-electron chi connectivity index (χ0n) is 12.0. The predicted octanol–water partition coefficient (Wildman–Crippen LogP) is 2.72. The summed E-state index contributed by atoms with van der Waals surface area (Å²) in [7, 11) is -3.00. The van der Waals surface area contributed by atoms with E-state index in [9.17, 15) is 8.42 Å². The fourth-order valence-electron chi connectivity index (χ4n) is 2.61. The van der Waals surface area contributed by atoms with E-state index < -0.39 is 9.84 Å². The third-order valence-corrected chi connectivity index (χ3v) is 4.64. The van der Waals surface area contributed by atoms with Gasteiger partial charge in [0.15, 0.2) is 0 Å². The Hall–Kier alpha value is -1.13. The van der Waals surface area contributed by atoms with Gasteiger partial charge in [-0.3, -0.25) is 0 Å². The van der Waals surface area contributed by atoms with E-state index in [0.29, 0.717) is 5.92 Å². The molecule has 0 saturated carbocycles. The van der Waals surface area contributed by atoms with E-state index in [0.717, 1.165) is 24.9 Å². The highest BCUT2D eigenvalue weighted by Crippen LogP contribution is 2.20. The highest BCUT2D eigenvalue weighted by molar-refractivity contribution is 7.90. The van der Waals surface area contributed by atoms with Crippen molar-refractivity contribution in [3.8, 4) is 0 Å². The summed E-state index contributed by atoms with van der Waals surface area (Å²) < 4.78 is 23.2. The third kappa shape index (κ3) is 5.10. The summed E-state index contributed by atoms with van der Waals surface area (Å²) in [5.41, 5.74) is 1.05. The van der Waals surface area contributed by atoms with Crippen LogP contribution >= 0.6 is 0 Å². The van der Waals surface area contributed by atoms with E-state index in [2.05, 4.69) is 17.5 Å². The van der Waals surface area contributed by atoms with Gasteiger partial charge >= 0.3 is 0 Å². The van der Waals surface area contributed by atoms with Gasteiger partial charge in [0.2, 0.25) is 0 Å². The molecule has 0 aliphatic heterocycles. The van der Waals surface area contributed by atoms with Crippen molar-refractivity contribution in [3.05, 3.63) is 48.0 Å². The molecule has 0 saturated heterocycles. The lowest BCUT2D eigenvalue weighted by molar-refractivity contribution is 0.415. The van der Waals surface area contributed by atoms with Crippen LogP contribution in [-0.2, 0) is 9.84 Å². The Balaban J connectivity index is 2.01. The van der Waals surface area contributed by atoms with Crippen LogP contribution in [0.1, 0.15) is 30.9 Å². The lowest BCUT2D eigenvalue weighted by Crippen LogP contribution is -2.32. The Labute approximate surface area is 122 Å². The Kier molecular flexibility index (Phi) is 5.38. The van der Waals surface area contributed by atoms with Crippen molar-refractivity contribution in [2.75, 3.05) is 18.6 Å². The smallest absolute Gasteiger partial charge is 0.149 e. The molecule has 0 radical (unpaired) electrons. The first-order valence-corrected chi connectivity index (χ1v) is 9.22. The number of nitrogens with one attached hydrogen (secondary N) is 1. The van der Waals surface area contributed by atoms with Gasteiger partial charge in [0.05, 0.1) is 5.75 Å². The number of rotatable bonds is 6. The second-order valence-corrected chi connectivity index (χ2v) is 7.80. The van der Waals surface area contributed by atoms with Crippen LogP contribution in [0.15, 0.2) is 42.5 Å². The standard InChI is InChI=1S/C16H23NO2S/c1-20(18,19)13-16(15-10-6-3-7-11-15)17-12-14-8-4-2-5-9-14/h2-4,6-7,10-11,14,16-17H,5,8-9,12-13H2,1H3/t14-,16+/m0/s1. The lowest BCUT2D eigenvalue weighted by Gasteiger charge is -2.23. The van der Waals surface area contributed by atoms with Gasteiger partial charge < -0.3 is 5.32 Å². The maximum absolute atomic E-state index is 11.6. The molecule has 2 atom stereocenters. The Morgan fingerprint density at radius 1 is 1.25 bits per heavy atom. The summed E-state index contributed by atoms with van der Waals surface area (Å²) in [6.45, 7) is 0.874. The third-order valence-electron chi connectivity index (χ3n) is 3.70. The van der Waals surface area contributed by atoms with Crippen LogP contribution in [0.4, 0.5) is 0 Å². The molecule has 110 valence electrons. The summed E-state index contributed by atoms with van der Waals surface area (Å²) in [5.74, 6) is 0.769. The second-order valence-electron chi connectivity index (χ2n) is 5.61. The van der Waals surface area contributed by atoms with Crippen molar-refractivity contribution in [1.82, 2.24) is 5.32 Å². The molecule has 1 aromatic carbocycles. The van der Waals surface area contributed by atoms with Crippen LogP contribution in [0, 0.1) is 5.92 Å². The van der Waals surface area contributed by atoms with Gasteiger partial charge in [0.25, 0.3) is 0 Å². The summed E-state index contributed by atoms with van der Waals surface area (Å²) in [4.78, 5) is 0. The van der Waals surface area contributed by atoms with Gasteiger partial charge in [-0.1, -0.05) is 42.5 Å². The lowest BCUT2D eigenvalue weighted by atomic mass is 9.94. The van der Waals surface area contributed by atoms with Gasteiger partial charge in [-0.15, -0.1) is 0 Å². The minimum atomic E-state index is -3.00. The zero-order chi connectivity index (χ0) is 14.4. The van der Waals surface area contributed by atoms with Crippen LogP contribution in [0.2, 0.25) is 0 Å². The van der Waals surface area contributed by atoms with Gasteiger partial charge in [-0.25, -0.2) is 8.42 Å². The van der Waals surface area contributed by atoms with E-state index in [-0.39, 0.29) is 11.8 Å². The van der Waals surface area contributed by atoms with Crippen molar-refractivity contribution in [3.63, 3.8) is 0 Å². The fourth-order valence-corrected chi connectivity index (χ4v) is 3.53. The summed E-state index contributed by atoms with van der Waals surface area (Å²) >= 11 is 0. The minimum Gasteiger partial charge on any atom is -0.309 e. The van der Waals surface area contributed by atoms with E-state index in [1.165, 1.54) is 12.7 Å².